The van der Waals surface area contributed by atoms with Crippen LogP contribution in [0.2, 0.25) is 0 Å². The van der Waals surface area contributed by atoms with Gasteiger partial charge in [-0.3, -0.25) is 4.79 Å². The first-order valence-corrected chi connectivity index (χ1v) is 8.31. The molecule has 1 unspecified atom stereocenters. The fourth-order valence-corrected chi connectivity index (χ4v) is 3.46. The molecule has 1 aromatic carbocycles. The number of carbonyl (C=O) groups is 1. The predicted molar refractivity (Wildman–Crippen MR) is 90.8 cm³/mol. The van der Waals surface area contributed by atoms with Crippen molar-refractivity contribution in [3.63, 3.8) is 0 Å². The molecular formula is C17H19BrN2O3. The summed E-state index contributed by atoms with van der Waals surface area (Å²) in [6.07, 6.45) is 0. The summed E-state index contributed by atoms with van der Waals surface area (Å²) in [7, 11) is 1.65. The molecule has 122 valence electrons. The van der Waals surface area contributed by atoms with Crippen molar-refractivity contribution in [2.24, 2.45) is 0 Å². The van der Waals surface area contributed by atoms with E-state index in [-0.39, 0.29) is 11.9 Å². The Kier molecular flexibility index (Phi) is 4.73. The third-order valence-corrected chi connectivity index (χ3v) is 4.47. The molecule has 1 aliphatic heterocycles. The number of carbonyl (C=O) groups excluding carboxylic acids is 1. The first-order chi connectivity index (χ1) is 11.1. The van der Waals surface area contributed by atoms with E-state index in [1.165, 1.54) is 0 Å². The highest BCUT2D eigenvalue weighted by Crippen LogP contribution is 2.32. The molecule has 0 radical (unpaired) electrons. The van der Waals surface area contributed by atoms with Gasteiger partial charge in [-0.2, -0.15) is 0 Å². The average Bonchev–Trinajstić information content (AvgIpc) is 2.92. The van der Waals surface area contributed by atoms with E-state index in [2.05, 4.69) is 21.2 Å². The number of methoxy groups -OCH3 is 1. The van der Waals surface area contributed by atoms with Gasteiger partial charge in [-0.1, -0.05) is 18.2 Å². The Labute approximate surface area is 143 Å². The van der Waals surface area contributed by atoms with Gasteiger partial charge in [-0.15, -0.1) is 0 Å². The van der Waals surface area contributed by atoms with Gasteiger partial charge in [0.15, 0.2) is 10.4 Å². The molecule has 1 aliphatic rings. The number of halogens is 1. The number of nitrogens with zero attached hydrogens (tertiary/aromatic N) is 1. The van der Waals surface area contributed by atoms with Gasteiger partial charge < -0.3 is 19.4 Å². The van der Waals surface area contributed by atoms with Crippen molar-refractivity contribution >= 4 is 21.8 Å². The van der Waals surface area contributed by atoms with Gasteiger partial charge in [-0.25, -0.2) is 0 Å². The number of ether oxygens (including phenoxy) is 1. The summed E-state index contributed by atoms with van der Waals surface area (Å²) in [4.78, 5) is 14.8. The van der Waals surface area contributed by atoms with Crippen LogP contribution in [0.15, 0.2) is 39.4 Å². The minimum atomic E-state index is -0.0920. The van der Waals surface area contributed by atoms with Crippen LogP contribution in [0.4, 0.5) is 0 Å². The van der Waals surface area contributed by atoms with Crippen molar-refractivity contribution in [2.75, 3.05) is 26.7 Å². The number of nitrogens with one attached hydrogen (secondary N) is 1. The zero-order valence-corrected chi connectivity index (χ0v) is 14.7. The number of amides is 1. The summed E-state index contributed by atoms with van der Waals surface area (Å²) in [5, 5.41) is 3.35. The maximum absolute atomic E-state index is 13.0. The lowest BCUT2D eigenvalue weighted by atomic mass is 10.0. The Balaban J connectivity index is 1.96. The quantitative estimate of drug-likeness (QED) is 0.890. The number of furan rings is 1. The molecular weight excluding hydrogens is 360 g/mol. The number of rotatable bonds is 3. The van der Waals surface area contributed by atoms with Crippen LogP contribution in [-0.4, -0.2) is 37.6 Å². The number of piperazine rings is 1. The molecule has 2 heterocycles. The van der Waals surface area contributed by atoms with E-state index < -0.39 is 0 Å². The Morgan fingerprint density at radius 3 is 2.91 bits per heavy atom. The molecule has 1 aromatic heterocycles. The van der Waals surface area contributed by atoms with E-state index in [4.69, 9.17) is 9.15 Å². The summed E-state index contributed by atoms with van der Waals surface area (Å²) >= 11 is 3.29. The number of hydrogen-bond donors (Lipinski definition) is 1. The second kappa shape index (κ2) is 6.76. The topological polar surface area (TPSA) is 54.7 Å². The van der Waals surface area contributed by atoms with Crippen LogP contribution in [0.25, 0.3) is 0 Å². The lowest BCUT2D eigenvalue weighted by Gasteiger charge is -2.36. The average molecular weight is 379 g/mol. The monoisotopic (exact) mass is 378 g/mol. The summed E-state index contributed by atoms with van der Waals surface area (Å²) in [6, 6.07) is 9.54. The minimum absolute atomic E-state index is 0.0873. The lowest BCUT2D eigenvalue weighted by Crippen LogP contribution is -2.48. The molecule has 1 fully saturated rings. The highest BCUT2D eigenvalue weighted by molar-refractivity contribution is 9.10. The Morgan fingerprint density at radius 1 is 1.43 bits per heavy atom. The standard InChI is InChI=1S/C17H19BrN2O3/c1-11-9-15(18)23-16(11)17(21)20-8-7-19-10-13(20)12-5-3-4-6-14(12)22-2/h3-6,9,13,19H,7-8,10H2,1-2H3. The van der Waals surface area contributed by atoms with Crippen LogP contribution in [0.5, 0.6) is 5.75 Å². The van der Waals surface area contributed by atoms with Crippen molar-refractivity contribution in [1.82, 2.24) is 10.2 Å². The molecule has 0 saturated carbocycles. The Hall–Kier alpha value is -1.79. The van der Waals surface area contributed by atoms with Gasteiger partial charge in [-0.05, 0) is 35.0 Å². The third-order valence-electron chi connectivity index (χ3n) is 4.08. The molecule has 6 heteroatoms. The predicted octanol–water partition coefficient (Wildman–Crippen LogP) is 3.15. The van der Waals surface area contributed by atoms with Crippen LogP contribution >= 0.6 is 15.9 Å². The zero-order chi connectivity index (χ0) is 16.4. The van der Waals surface area contributed by atoms with Crippen molar-refractivity contribution in [2.45, 2.75) is 13.0 Å². The number of benzene rings is 1. The van der Waals surface area contributed by atoms with E-state index in [0.717, 1.165) is 23.4 Å². The van der Waals surface area contributed by atoms with Crippen LogP contribution in [0, 0.1) is 6.92 Å². The van der Waals surface area contributed by atoms with Crippen LogP contribution in [0.1, 0.15) is 27.7 Å². The van der Waals surface area contributed by atoms with Gasteiger partial charge in [0.05, 0.1) is 13.2 Å². The van der Waals surface area contributed by atoms with Crippen molar-refractivity contribution in [1.29, 1.82) is 0 Å². The molecule has 2 aromatic rings. The SMILES string of the molecule is COc1ccccc1C1CNCCN1C(=O)c1oc(Br)cc1C. The van der Waals surface area contributed by atoms with Crippen LogP contribution in [0.3, 0.4) is 0 Å². The van der Waals surface area contributed by atoms with E-state index in [1.54, 1.807) is 7.11 Å². The summed E-state index contributed by atoms with van der Waals surface area (Å²) < 4.78 is 11.6. The summed E-state index contributed by atoms with van der Waals surface area (Å²) in [5.41, 5.74) is 1.83. The van der Waals surface area contributed by atoms with Crippen molar-refractivity contribution < 1.29 is 13.9 Å². The molecule has 1 N–H and O–H groups in total. The number of hydrogen-bond acceptors (Lipinski definition) is 4. The normalized spacial score (nSPS) is 18.0. The zero-order valence-electron chi connectivity index (χ0n) is 13.1. The molecule has 0 bridgehead atoms. The second-order valence-electron chi connectivity index (χ2n) is 5.52. The highest BCUT2D eigenvalue weighted by Gasteiger charge is 2.32. The third kappa shape index (κ3) is 3.14. The number of aryl methyl sites for hydroxylation is 1. The first kappa shape index (κ1) is 16.1. The van der Waals surface area contributed by atoms with Gasteiger partial charge in [0.2, 0.25) is 0 Å². The molecule has 0 spiro atoms. The van der Waals surface area contributed by atoms with Gasteiger partial charge in [0.1, 0.15) is 5.75 Å². The fourth-order valence-electron chi connectivity index (χ4n) is 2.95. The molecule has 1 amide bonds. The Bertz CT molecular complexity index is 714. The fraction of sp³-hybridized carbons (Fsp3) is 0.353. The summed E-state index contributed by atoms with van der Waals surface area (Å²) in [5.74, 6) is 1.08. The molecule has 1 atom stereocenters. The lowest BCUT2D eigenvalue weighted by molar-refractivity contribution is 0.0596. The minimum Gasteiger partial charge on any atom is -0.496 e. The molecule has 23 heavy (non-hydrogen) atoms. The second-order valence-corrected chi connectivity index (χ2v) is 6.30. The summed E-state index contributed by atoms with van der Waals surface area (Å²) in [6.45, 7) is 3.95. The Morgan fingerprint density at radius 2 is 2.22 bits per heavy atom. The number of para-hydroxylation sites is 1. The maximum atomic E-state index is 13.0. The van der Waals surface area contributed by atoms with Crippen molar-refractivity contribution in [3.8, 4) is 5.75 Å². The van der Waals surface area contributed by atoms with E-state index in [1.807, 2.05) is 42.2 Å². The first-order valence-electron chi connectivity index (χ1n) is 7.52. The van der Waals surface area contributed by atoms with Gasteiger partial charge >= 0.3 is 0 Å². The van der Waals surface area contributed by atoms with Crippen LogP contribution in [-0.2, 0) is 0 Å². The largest absolute Gasteiger partial charge is 0.496 e. The molecule has 5 nitrogen and oxygen atoms in total. The van der Waals surface area contributed by atoms with Crippen LogP contribution < -0.4 is 10.1 Å². The smallest absolute Gasteiger partial charge is 0.290 e. The van der Waals surface area contributed by atoms with E-state index >= 15 is 0 Å². The molecule has 1 saturated heterocycles. The maximum Gasteiger partial charge on any atom is 0.290 e. The van der Waals surface area contributed by atoms with Gasteiger partial charge in [0, 0.05) is 30.8 Å². The van der Waals surface area contributed by atoms with E-state index in [9.17, 15) is 4.79 Å². The van der Waals surface area contributed by atoms with E-state index in [0.29, 0.717) is 23.5 Å². The molecule has 0 aliphatic carbocycles. The molecule has 3 rings (SSSR count). The van der Waals surface area contributed by atoms with Crippen molar-refractivity contribution in [3.05, 3.63) is 51.9 Å². The van der Waals surface area contributed by atoms with Gasteiger partial charge in [0.25, 0.3) is 5.91 Å². The highest BCUT2D eigenvalue weighted by atomic mass is 79.9.